The van der Waals surface area contributed by atoms with Crippen molar-refractivity contribution in [2.75, 3.05) is 13.2 Å². The zero-order valence-corrected chi connectivity index (χ0v) is 12.9. The molecule has 0 radical (unpaired) electrons. The van der Waals surface area contributed by atoms with Gasteiger partial charge in [-0.3, -0.25) is 0 Å². The summed E-state index contributed by atoms with van der Waals surface area (Å²) in [5.41, 5.74) is -0.685. The van der Waals surface area contributed by atoms with Crippen molar-refractivity contribution in [1.29, 1.82) is 0 Å². The monoisotopic (exact) mass is 306 g/mol. The van der Waals surface area contributed by atoms with Crippen molar-refractivity contribution in [1.82, 2.24) is 5.32 Å². The van der Waals surface area contributed by atoms with Crippen molar-refractivity contribution in [3.63, 3.8) is 0 Å². The summed E-state index contributed by atoms with van der Waals surface area (Å²) in [4.78, 5) is 37.4. The Morgan fingerprint density at radius 2 is 1.81 bits per heavy atom. The van der Waals surface area contributed by atoms with Crippen molar-refractivity contribution >= 4 is 12.1 Å². The van der Waals surface area contributed by atoms with E-state index in [1.807, 2.05) is 0 Å². The van der Waals surface area contributed by atoms with Crippen LogP contribution in [0.25, 0.3) is 0 Å². The molecule has 0 aliphatic carbocycles. The highest BCUT2D eigenvalue weighted by molar-refractivity contribution is 5.81. The Balaban J connectivity index is 4.37. The molecule has 1 unspecified atom stereocenters. The number of esters is 1. The number of carbonyl (C=O) groups is 2. The summed E-state index contributed by atoms with van der Waals surface area (Å²) in [6.45, 7) is 7.89. The van der Waals surface area contributed by atoms with Crippen LogP contribution in [0.1, 0.15) is 34.6 Å². The van der Waals surface area contributed by atoms with Crippen LogP contribution in [0.4, 0.5) is 4.79 Å². The fourth-order valence-electron chi connectivity index (χ4n) is 1.28. The Morgan fingerprint density at radius 1 is 1.24 bits per heavy atom. The minimum Gasteiger partial charge on any atom is -0.462 e. The molecule has 0 aromatic heterocycles. The number of carbonyl (C=O) groups excluding carboxylic acids is 2. The fraction of sp³-hybridized carbons (Fsp3) is 0.833. The van der Waals surface area contributed by atoms with Crippen LogP contribution in [0.2, 0.25) is 0 Å². The van der Waals surface area contributed by atoms with Crippen LogP contribution in [0.3, 0.4) is 0 Å². The molecule has 9 nitrogen and oxygen atoms in total. The smallest absolute Gasteiger partial charge is 0.408 e. The summed E-state index contributed by atoms with van der Waals surface area (Å²) in [7, 11) is 0. The summed E-state index contributed by atoms with van der Waals surface area (Å²) in [5.74, 6) is -0.941. The molecule has 1 atom stereocenters. The lowest BCUT2D eigenvalue weighted by atomic mass is 10.1. The van der Waals surface area contributed by atoms with E-state index < -0.39 is 28.8 Å². The molecule has 1 amide bonds. The van der Waals surface area contributed by atoms with Crippen LogP contribution >= 0.6 is 0 Å². The first-order chi connectivity index (χ1) is 9.53. The van der Waals surface area contributed by atoms with Gasteiger partial charge in [-0.05, 0) is 26.7 Å². The predicted molar refractivity (Wildman–Crippen MR) is 71.9 cm³/mol. The lowest BCUT2D eigenvalue weighted by Gasteiger charge is -2.24. The molecule has 0 rings (SSSR count). The Hall–Kier alpha value is -2.06. The van der Waals surface area contributed by atoms with E-state index in [9.17, 15) is 19.7 Å². The molecule has 0 aliphatic heterocycles. The van der Waals surface area contributed by atoms with Crippen LogP contribution in [-0.4, -0.2) is 42.0 Å². The highest BCUT2D eigenvalue weighted by Gasteiger charge is 2.28. The largest absolute Gasteiger partial charge is 0.462 e. The SMILES string of the molecule is CC(C)C(NC(=O)OC(C)(C)C)C(=O)OCCO[N+](=O)[O-]. The molecule has 0 aromatic carbocycles. The second-order valence-corrected chi connectivity index (χ2v) is 5.59. The zero-order valence-electron chi connectivity index (χ0n) is 12.9. The number of ether oxygens (including phenoxy) is 2. The molecule has 9 heteroatoms. The third-order valence-electron chi connectivity index (χ3n) is 2.12. The van der Waals surface area contributed by atoms with E-state index in [0.717, 1.165) is 0 Å². The van der Waals surface area contributed by atoms with E-state index >= 15 is 0 Å². The van der Waals surface area contributed by atoms with Crippen LogP contribution in [0.5, 0.6) is 0 Å². The van der Waals surface area contributed by atoms with Crippen LogP contribution in [-0.2, 0) is 19.1 Å². The summed E-state index contributed by atoms with van der Waals surface area (Å²) in [6, 6.07) is -0.907. The van der Waals surface area contributed by atoms with Crippen LogP contribution in [0, 0.1) is 16.0 Å². The van der Waals surface area contributed by atoms with Crippen LogP contribution in [0.15, 0.2) is 0 Å². The van der Waals surface area contributed by atoms with Gasteiger partial charge in [-0.2, -0.15) is 0 Å². The van der Waals surface area contributed by atoms with Crippen molar-refractivity contribution in [3.05, 3.63) is 10.1 Å². The molecule has 0 bridgehead atoms. The maximum atomic E-state index is 11.8. The minimum atomic E-state index is -0.979. The molecular weight excluding hydrogens is 284 g/mol. The summed E-state index contributed by atoms with van der Waals surface area (Å²) >= 11 is 0. The molecule has 0 fully saturated rings. The first-order valence-corrected chi connectivity index (χ1v) is 6.46. The Bertz CT molecular complexity index is 376. The molecule has 1 N–H and O–H groups in total. The third-order valence-corrected chi connectivity index (χ3v) is 2.12. The topological polar surface area (TPSA) is 117 Å². The number of alkyl carbamates (subject to hydrolysis) is 1. The summed E-state index contributed by atoms with van der Waals surface area (Å²) < 4.78 is 9.86. The van der Waals surface area contributed by atoms with Gasteiger partial charge in [0.2, 0.25) is 0 Å². The molecule has 21 heavy (non-hydrogen) atoms. The molecule has 0 spiro atoms. The van der Waals surface area contributed by atoms with Gasteiger partial charge in [-0.1, -0.05) is 13.8 Å². The molecular formula is C12H22N2O7. The van der Waals surface area contributed by atoms with Crippen LogP contribution < -0.4 is 5.32 Å². The van der Waals surface area contributed by atoms with Gasteiger partial charge in [0.25, 0.3) is 5.09 Å². The number of amides is 1. The first-order valence-electron chi connectivity index (χ1n) is 6.46. The number of nitrogens with zero attached hydrogens (tertiary/aromatic N) is 1. The third kappa shape index (κ3) is 9.47. The van der Waals surface area contributed by atoms with Gasteiger partial charge in [0.1, 0.15) is 24.9 Å². The van der Waals surface area contributed by atoms with E-state index in [4.69, 9.17) is 9.47 Å². The summed E-state index contributed by atoms with van der Waals surface area (Å²) in [6.07, 6.45) is -0.736. The van der Waals surface area contributed by atoms with E-state index in [0.29, 0.717) is 0 Å². The average molecular weight is 306 g/mol. The minimum absolute atomic E-state index is 0.235. The highest BCUT2D eigenvalue weighted by Crippen LogP contribution is 2.09. The van der Waals surface area contributed by atoms with Gasteiger partial charge in [-0.25, -0.2) is 9.59 Å². The quantitative estimate of drug-likeness (QED) is 0.326. The number of hydrogen-bond donors (Lipinski definition) is 1. The number of nitrogens with one attached hydrogen (secondary N) is 1. The van der Waals surface area contributed by atoms with E-state index in [1.165, 1.54) is 0 Å². The van der Waals surface area contributed by atoms with Gasteiger partial charge in [0.05, 0.1) is 0 Å². The van der Waals surface area contributed by atoms with Gasteiger partial charge in [0.15, 0.2) is 0 Å². The normalized spacial score (nSPS) is 12.5. The Labute approximate surface area is 123 Å². The average Bonchev–Trinajstić information content (AvgIpc) is 2.28. The lowest BCUT2D eigenvalue weighted by molar-refractivity contribution is -0.757. The van der Waals surface area contributed by atoms with Crippen molar-refractivity contribution in [3.8, 4) is 0 Å². The Morgan fingerprint density at radius 3 is 2.24 bits per heavy atom. The van der Waals surface area contributed by atoms with Gasteiger partial charge >= 0.3 is 12.1 Å². The van der Waals surface area contributed by atoms with Gasteiger partial charge in [-0.15, -0.1) is 10.1 Å². The van der Waals surface area contributed by atoms with E-state index in [-0.39, 0.29) is 19.1 Å². The molecule has 0 aliphatic rings. The summed E-state index contributed by atoms with van der Waals surface area (Å²) in [5, 5.41) is 11.4. The van der Waals surface area contributed by atoms with Crippen molar-refractivity contribution < 1.29 is 29.0 Å². The molecule has 122 valence electrons. The maximum Gasteiger partial charge on any atom is 0.408 e. The second-order valence-electron chi connectivity index (χ2n) is 5.59. The first kappa shape index (κ1) is 18.9. The maximum absolute atomic E-state index is 11.8. The number of hydrogen-bond acceptors (Lipinski definition) is 7. The highest BCUT2D eigenvalue weighted by atomic mass is 17.0. The molecule has 0 saturated heterocycles. The molecule has 0 aromatic rings. The zero-order chi connectivity index (χ0) is 16.6. The van der Waals surface area contributed by atoms with Gasteiger partial charge < -0.3 is 19.6 Å². The van der Waals surface area contributed by atoms with E-state index in [2.05, 4.69) is 10.2 Å². The second kappa shape index (κ2) is 8.28. The van der Waals surface area contributed by atoms with Crippen molar-refractivity contribution in [2.24, 2.45) is 5.92 Å². The standard InChI is InChI=1S/C12H22N2O7/c1-8(2)9(13-11(16)21-12(3,4)5)10(15)19-6-7-20-14(17)18/h8-9H,6-7H2,1-5H3,(H,13,16). The molecule has 0 heterocycles. The van der Waals surface area contributed by atoms with Crippen molar-refractivity contribution in [2.45, 2.75) is 46.3 Å². The molecule has 0 saturated carbocycles. The lowest BCUT2D eigenvalue weighted by Crippen LogP contribution is -2.47. The van der Waals surface area contributed by atoms with Gasteiger partial charge in [0, 0.05) is 0 Å². The Kier molecular flexibility index (Phi) is 7.46. The number of rotatable bonds is 7. The fourth-order valence-corrected chi connectivity index (χ4v) is 1.28. The predicted octanol–water partition coefficient (Wildman–Crippen LogP) is 1.29. The van der Waals surface area contributed by atoms with E-state index in [1.54, 1.807) is 34.6 Å².